The van der Waals surface area contributed by atoms with Gasteiger partial charge in [-0.1, -0.05) is 18.2 Å². The van der Waals surface area contributed by atoms with Gasteiger partial charge in [0.05, 0.1) is 5.52 Å². The first-order valence-corrected chi connectivity index (χ1v) is 9.81. The predicted octanol–water partition coefficient (Wildman–Crippen LogP) is 1.97. The topological polar surface area (TPSA) is 75.7 Å². The van der Waals surface area contributed by atoms with E-state index in [1.54, 1.807) is 18.2 Å². The van der Waals surface area contributed by atoms with Crippen LogP contribution in [0.4, 0.5) is 10.2 Å². The highest BCUT2D eigenvalue weighted by Crippen LogP contribution is 2.31. The summed E-state index contributed by atoms with van der Waals surface area (Å²) >= 11 is 0. The molecule has 0 aliphatic carbocycles. The van der Waals surface area contributed by atoms with E-state index in [1.165, 1.54) is 17.0 Å². The van der Waals surface area contributed by atoms with Crippen LogP contribution >= 0.6 is 0 Å². The first kappa shape index (κ1) is 18.1. The van der Waals surface area contributed by atoms with Crippen molar-refractivity contribution in [3.05, 3.63) is 59.4 Å². The highest BCUT2D eigenvalue weighted by molar-refractivity contribution is 5.98. The maximum Gasteiger partial charge on any atom is 0.256 e. The first-order chi connectivity index (χ1) is 14.1. The zero-order valence-corrected chi connectivity index (χ0v) is 15.9. The smallest absolute Gasteiger partial charge is 0.256 e. The Morgan fingerprint density at radius 3 is 2.69 bits per heavy atom. The SMILES string of the molecule is O=C1c2ccccc2C(O)N1CCN1CCN(c2n[nH]c3cc(F)ccc23)CC1. The molecule has 0 saturated carbocycles. The second kappa shape index (κ2) is 7.13. The number of piperazine rings is 1. The Balaban J connectivity index is 1.19. The number of halogens is 1. The van der Waals surface area contributed by atoms with Gasteiger partial charge in [-0.2, -0.15) is 5.10 Å². The maximum absolute atomic E-state index is 13.4. The number of benzene rings is 2. The second-order valence-corrected chi connectivity index (χ2v) is 7.53. The van der Waals surface area contributed by atoms with Gasteiger partial charge in [-0.25, -0.2) is 4.39 Å². The highest BCUT2D eigenvalue weighted by atomic mass is 19.1. The number of aromatic amines is 1. The molecule has 0 radical (unpaired) electrons. The Bertz CT molecular complexity index is 1060. The number of H-pyrrole nitrogens is 1. The van der Waals surface area contributed by atoms with E-state index in [0.717, 1.165) is 37.4 Å². The van der Waals surface area contributed by atoms with E-state index in [0.29, 0.717) is 29.7 Å². The van der Waals surface area contributed by atoms with Gasteiger partial charge in [-0.05, 0) is 24.3 Å². The second-order valence-electron chi connectivity index (χ2n) is 7.53. The highest BCUT2D eigenvalue weighted by Gasteiger charge is 2.35. The zero-order chi connectivity index (χ0) is 20.0. The summed E-state index contributed by atoms with van der Waals surface area (Å²) in [5, 5.41) is 18.7. The predicted molar refractivity (Wildman–Crippen MR) is 107 cm³/mol. The number of nitrogens with zero attached hydrogens (tertiary/aromatic N) is 4. The normalized spacial score (nSPS) is 19.9. The molecule has 3 aromatic rings. The molecule has 1 unspecified atom stereocenters. The van der Waals surface area contributed by atoms with Crippen molar-refractivity contribution in [1.82, 2.24) is 20.0 Å². The molecule has 150 valence electrons. The fourth-order valence-corrected chi connectivity index (χ4v) is 4.23. The summed E-state index contributed by atoms with van der Waals surface area (Å²) in [7, 11) is 0. The van der Waals surface area contributed by atoms with Crippen molar-refractivity contribution in [3.63, 3.8) is 0 Å². The summed E-state index contributed by atoms with van der Waals surface area (Å²) in [5.41, 5.74) is 1.97. The van der Waals surface area contributed by atoms with Crippen LogP contribution in [0.5, 0.6) is 0 Å². The van der Waals surface area contributed by atoms with E-state index in [9.17, 15) is 14.3 Å². The van der Waals surface area contributed by atoms with Crippen molar-refractivity contribution in [2.75, 3.05) is 44.2 Å². The van der Waals surface area contributed by atoms with Crippen LogP contribution in [0.25, 0.3) is 10.9 Å². The molecule has 1 fully saturated rings. The van der Waals surface area contributed by atoms with E-state index in [-0.39, 0.29) is 11.7 Å². The van der Waals surface area contributed by atoms with Crippen molar-refractivity contribution in [3.8, 4) is 0 Å². The van der Waals surface area contributed by atoms with Crippen LogP contribution in [0.1, 0.15) is 22.1 Å². The Morgan fingerprint density at radius 1 is 1.10 bits per heavy atom. The summed E-state index contributed by atoms with van der Waals surface area (Å²) in [4.78, 5) is 18.6. The molecule has 0 bridgehead atoms. The molecule has 2 N–H and O–H groups in total. The van der Waals surface area contributed by atoms with Crippen LogP contribution in [0.15, 0.2) is 42.5 Å². The number of hydrogen-bond acceptors (Lipinski definition) is 5. The summed E-state index contributed by atoms with van der Waals surface area (Å²) in [6.07, 6.45) is -0.865. The van der Waals surface area contributed by atoms with Gasteiger partial charge in [0.1, 0.15) is 5.82 Å². The van der Waals surface area contributed by atoms with E-state index < -0.39 is 6.23 Å². The van der Waals surface area contributed by atoms with Crippen molar-refractivity contribution < 1.29 is 14.3 Å². The monoisotopic (exact) mass is 395 g/mol. The summed E-state index contributed by atoms with van der Waals surface area (Å²) in [6, 6.07) is 11.9. The average molecular weight is 395 g/mol. The molecule has 3 heterocycles. The third kappa shape index (κ3) is 3.14. The number of rotatable bonds is 4. The molecule has 2 aromatic carbocycles. The molecule has 5 rings (SSSR count). The fourth-order valence-electron chi connectivity index (χ4n) is 4.23. The molecule has 7 nitrogen and oxygen atoms in total. The number of aliphatic hydroxyl groups is 1. The van der Waals surface area contributed by atoms with Gasteiger partial charge >= 0.3 is 0 Å². The minimum absolute atomic E-state index is 0.109. The van der Waals surface area contributed by atoms with Crippen LogP contribution in [0.2, 0.25) is 0 Å². The van der Waals surface area contributed by atoms with Crippen molar-refractivity contribution in [2.24, 2.45) is 0 Å². The summed E-state index contributed by atoms with van der Waals surface area (Å²) < 4.78 is 13.4. The van der Waals surface area contributed by atoms with Gasteiger partial charge in [0.25, 0.3) is 5.91 Å². The number of fused-ring (bicyclic) bond motifs is 2. The van der Waals surface area contributed by atoms with Crippen molar-refractivity contribution in [1.29, 1.82) is 0 Å². The maximum atomic E-state index is 13.4. The molecule has 1 saturated heterocycles. The number of amides is 1. The number of carbonyl (C=O) groups excluding carboxylic acids is 1. The third-order valence-corrected chi connectivity index (χ3v) is 5.86. The molecule has 2 aliphatic heterocycles. The minimum atomic E-state index is -0.865. The first-order valence-electron chi connectivity index (χ1n) is 9.81. The van der Waals surface area contributed by atoms with E-state index in [1.807, 2.05) is 12.1 Å². The van der Waals surface area contributed by atoms with E-state index in [2.05, 4.69) is 20.0 Å². The van der Waals surface area contributed by atoms with Gasteiger partial charge < -0.3 is 14.9 Å². The Hall–Kier alpha value is -2.97. The van der Waals surface area contributed by atoms with Gasteiger partial charge in [0.2, 0.25) is 0 Å². The van der Waals surface area contributed by atoms with Crippen molar-refractivity contribution >= 4 is 22.6 Å². The van der Waals surface area contributed by atoms with Gasteiger partial charge in [-0.3, -0.25) is 14.8 Å². The number of hydrogen-bond donors (Lipinski definition) is 2. The van der Waals surface area contributed by atoms with Gasteiger partial charge in [-0.15, -0.1) is 0 Å². The molecule has 8 heteroatoms. The van der Waals surface area contributed by atoms with Crippen LogP contribution in [0.3, 0.4) is 0 Å². The molecule has 1 amide bonds. The lowest BCUT2D eigenvalue weighted by molar-refractivity contribution is 0.0134. The Morgan fingerprint density at radius 2 is 1.90 bits per heavy atom. The van der Waals surface area contributed by atoms with Crippen LogP contribution in [-0.2, 0) is 0 Å². The fraction of sp³-hybridized carbons (Fsp3) is 0.333. The van der Waals surface area contributed by atoms with Crippen LogP contribution < -0.4 is 4.90 Å². The van der Waals surface area contributed by atoms with E-state index in [4.69, 9.17) is 0 Å². The molecular weight excluding hydrogens is 373 g/mol. The lowest BCUT2D eigenvalue weighted by Gasteiger charge is -2.36. The Labute approximate surface area is 167 Å². The quantitative estimate of drug-likeness (QED) is 0.707. The number of anilines is 1. The van der Waals surface area contributed by atoms with E-state index >= 15 is 0 Å². The zero-order valence-electron chi connectivity index (χ0n) is 15.9. The molecule has 1 atom stereocenters. The lowest BCUT2D eigenvalue weighted by Crippen LogP contribution is -2.49. The number of nitrogens with one attached hydrogen (secondary N) is 1. The number of aliphatic hydroxyl groups excluding tert-OH is 1. The third-order valence-electron chi connectivity index (χ3n) is 5.86. The number of carbonyl (C=O) groups is 1. The van der Waals surface area contributed by atoms with Crippen molar-refractivity contribution in [2.45, 2.75) is 6.23 Å². The van der Waals surface area contributed by atoms with Crippen LogP contribution in [-0.4, -0.2) is 70.3 Å². The molecule has 29 heavy (non-hydrogen) atoms. The lowest BCUT2D eigenvalue weighted by atomic mass is 10.1. The number of aromatic nitrogens is 2. The molecular formula is C21H22FN5O2. The van der Waals surface area contributed by atoms with Gasteiger partial charge in [0, 0.05) is 55.8 Å². The largest absolute Gasteiger partial charge is 0.369 e. The minimum Gasteiger partial charge on any atom is -0.369 e. The standard InChI is InChI=1S/C21H22FN5O2/c22-14-5-6-17-18(13-14)23-24-19(17)26-10-7-25(8-11-26)9-12-27-20(28)15-3-1-2-4-16(15)21(27)29/h1-6,13,20,28H,7-12H2,(H,23,24). The van der Waals surface area contributed by atoms with Crippen LogP contribution in [0, 0.1) is 5.82 Å². The molecule has 0 spiro atoms. The Kier molecular flexibility index (Phi) is 4.44. The average Bonchev–Trinajstić information content (AvgIpc) is 3.26. The molecule has 1 aromatic heterocycles. The summed E-state index contributed by atoms with van der Waals surface area (Å²) in [6.45, 7) is 4.46. The summed E-state index contributed by atoms with van der Waals surface area (Å²) in [5.74, 6) is 0.459. The molecule has 2 aliphatic rings. The van der Waals surface area contributed by atoms with Gasteiger partial charge in [0.15, 0.2) is 12.0 Å².